The minimum atomic E-state index is 0.400. The second kappa shape index (κ2) is 6.01. The van der Waals surface area contributed by atoms with Gasteiger partial charge in [-0.2, -0.15) is 0 Å². The lowest BCUT2D eigenvalue weighted by Crippen LogP contribution is -2.19. The van der Waals surface area contributed by atoms with Crippen molar-refractivity contribution in [1.29, 1.82) is 0 Å². The Morgan fingerprint density at radius 3 is 2.40 bits per heavy atom. The normalized spacial score (nSPS) is 10.3. The number of hydrogen-bond acceptors (Lipinski definition) is 3. The minimum Gasteiger partial charge on any atom is -0.389 e. The standard InChI is InChI=1S/C16H19N3S/c1-4-19(14-7-5-11(2)6-8-14)15-10-13(16(17)20)9-12(3)18-15/h5-10H,4H2,1-3H3,(H2,17,20). The summed E-state index contributed by atoms with van der Waals surface area (Å²) in [5, 5.41) is 0. The molecular weight excluding hydrogens is 266 g/mol. The van der Waals surface area contributed by atoms with Gasteiger partial charge in [-0.1, -0.05) is 29.9 Å². The second-order valence-electron chi connectivity index (χ2n) is 4.80. The summed E-state index contributed by atoms with van der Waals surface area (Å²) in [5.74, 6) is 0.874. The molecule has 0 aliphatic rings. The van der Waals surface area contributed by atoms with E-state index in [0.29, 0.717) is 4.99 Å². The Morgan fingerprint density at radius 1 is 1.20 bits per heavy atom. The Labute approximate surface area is 125 Å². The van der Waals surface area contributed by atoms with Gasteiger partial charge in [0.15, 0.2) is 0 Å². The molecule has 0 bridgehead atoms. The predicted molar refractivity (Wildman–Crippen MR) is 88.7 cm³/mol. The summed E-state index contributed by atoms with van der Waals surface area (Å²) < 4.78 is 0. The van der Waals surface area contributed by atoms with Crippen molar-refractivity contribution in [3.63, 3.8) is 0 Å². The molecule has 2 aromatic rings. The number of aryl methyl sites for hydroxylation is 2. The van der Waals surface area contributed by atoms with Gasteiger partial charge < -0.3 is 10.6 Å². The first-order valence-corrected chi connectivity index (χ1v) is 7.04. The molecule has 3 nitrogen and oxygen atoms in total. The summed E-state index contributed by atoms with van der Waals surface area (Å²) in [6, 6.07) is 12.3. The third-order valence-corrected chi connectivity index (χ3v) is 3.40. The maximum atomic E-state index is 5.74. The first-order valence-electron chi connectivity index (χ1n) is 6.64. The van der Waals surface area contributed by atoms with Crippen LogP contribution in [0.25, 0.3) is 0 Å². The zero-order valence-electron chi connectivity index (χ0n) is 12.1. The third kappa shape index (κ3) is 3.14. The van der Waals surface area contributed by atoms with Crippen LogP contribution in [0.3, 0.4) is 0 Å². The van der Waals surface area contributed by atoms with E-state index >= 15 is 0 Å². The van der Waals surface area contributed by atoms with Crippen LogP contribution in [0.2, 0.25) is 0 Å². The highest BCUT2D eigenvalue weighted by molar-refractivity contribution is 7.80. The van der Waals surface area contributed by atoms with E-state index in [1.165, 1.54) is 5.56 Å². The van der Waals surface area contributed by atoms with E-state index in [4.69, 9.17) is 18.0 Å². The first-order chi connectivity index (χ1) is 9.51. The van der Waals surface area contributed by atoms with E-state index in [0.717, 1.165) is 29.3 Å². The summed E-state index contributed by atoms with van der Waals surface area (Å²) in [4.78, 5) is 7.14. The number of aromatic nitrogens is 1. The van der Waals surface area contributed by atoms with Crippen molar-refractivity contribution < 1.29 is 0 Å². The van der Waals surface area contributed by atoms with Crippen LogP contribution in [0.4, 0.5) is 11.5 Å². The van der Waals surface area contributed by atoms with Gasteiger partial charge in [-0.3, -0.25) is 0 Å². The van der Waals surface area contributed by atoms with E-state index in [-0.39, 0.29) is 0 Å². The van der Waals surface area contributed by atoms with Crippen molar-refractivity contribution >= 4 is 28.7 Å². The van der Waals surface area contributed by atoms with Gasteiger partial charge in [0, 0.05) is 23.5 Å². The van der Waals surface area contributed by atoms with Crippen molar-refractivity contribution in [3.8, 4) is 0 Å². The lowest BCUT2D eigenvalue weighted by molar-refractivity contribution is 0.978. The van der Waals surface area contributed by atoms with Crippen LogP contribution in [-0.2, 0) is 0 Å². The van der Waals surface area contributed by atoms with E-state index < -0.39 is 0 Å². The highest BCUT2D eigenvalue weighted by atomic mass is 32.1. The second-order valence-corrected chi connectivity index (χ2v) is 5.24. The Bertz CT molecular complexity index is 620. The summed E-state index contributed by atoms with van der Waals surface area (Å²) in [7, 11) is 0. The lowest BCUT2D eigenvalue weighted by atomic mass is 10.2. The fraction of sp³-hybridized carbons (Fsp3) is 0.250. The monoisotopic (exact) mass is 285 g/mol. The topological polar surface area (TPSA) is 42.1 Å². The Morgan fingerprint density at radius 2 is 1.85 bits per heavy atom. The van der Waals surface area contributed by atoms with Gasteiger partial charge in [0.05, 0.1) is 0 Å². The van der Waals surface area contributed by atoms with Crippen molar-refractivity contribution in [2.75, 3.05) is 11.4 Å². The summed E-state index contributed by atoms with van der Waals surface area (Å²) in [6.07, 6.45) is 0. The van der Waals surface area contributed by atoms with E-state index in [9.17, 15) is 0 Å². The molecule has 1 aromatic heterocycles. The molecule has 0 unspecified atom stereocenters. The van der Waals surface area contributed by atoms with Gasteiger partial charge >= 0.3 is 0 Å². The zero-order valence-corrected chi connectivity index (χ0v) is 12.9. The van der Waals surface area contributed by atoms with Gasteiger partial charge in [0.1, 0.15) is 10.8 Å². The molecule has 0 amide bonds. The number of hydrogen-bond donors (Lipinski definition) is 1. The van der Waals surface area contributed by atoms with Crippen molar-refractivity contribution in [2.45, 2.75) is 20.8 Å². The fourth-order valence-electron chi connectivity index (χ4n) is 2.13. The summed E-state index contributed by atoms with van der Waals surface area (Å²) in [6.45, 7) is 6.96. The van der Waals surface area contributed by atoms with Crippen molar-refractivity contribution in [2.24, 2.45) is 5.73 Å². The summed E-state index contributed by atoms with van der Waals surface area (Å²) >= 11 is 5.07. The highest BCUT2D eigenvalue weighted by Gasteiger charge is 2.11. The molecule has 0 aliphatic heterocycles. The van der Waals surface area contributed by atoms with Crippen LogP contribution in [0.15, 0.2) is 36.4 Å². The van der Waals surface area contributed by atoms with Gasteiger partial charge in [-0.25, -0.2) is 4.98 Å². The molecule has 0 aliphatic carbocycles. The van der Waals surface area contributed by atoms with Crippen molar-refractivity contribution in [3.05, 3.63) is 53.2 Å². The number of anilines is 2. The number of rotatable bonds is 4. The minimum absolute atomic E-state index is 0.400. The van der Waals surface area contributed by atoms with Crippen LogP contribution >= 0.6 is 12.2 Å². The smallest absolute Gasteiger partial charge is 0.133 e. The lowest BCUT2D eigenvalue weighted by Gasteiger charge is -2.23. The quantitative estimate of drug-likeness (QED) is 0.873. The third-order valence-electron chi connectivity index (χ3n) is 3.16. The van der Waals surface area contributed by atoms with Crippen LogP contribution in [0.5, 0.6) is 0 Å². The SMILES string of the molecule is CCN(c1ccc(C)cc1)c1cc(C(N)=S)cc(C)n1. The van der Waals surface area contributed by atoms with Crippen LogP contribution in [0, 0.1) is 13.8 Å². The van der Waals surface area contributed by atoms with Crippen LogP contribution in [-0.4, -0.2) is 16.5 Å². The van der Waals surface area contributed by atoms with Crippen LogP contribution in [0.1, 0.15) is 23.7 Å². The number of nitrogens with two attached hydrogens (primary N) is 1. The van der Waals surface area contributed by atoms with Gasteiger partial charge in [-0.15, -0.1) is 0 Å². The Kier molecular flexibility index (Phi) is 4.35. The van der Waals surface area contributed by atoms with E-state index in [1.54, 1.807) is 0 Å². The average Bonchev–Trinajstić information content (AvgIpc) is 2.41. The molecule has 1 aromatic carbocycles. The largest absolute Gasteiger partial charge is 0.389 e. The Hall–Kier alpha value is -1.94. The fourth-order valence-corrected chi connectivity index (χ4v) is 2.25. The molecule has 0 spiro atoms. The number of nitrogens with zero attached hydrogens (tertiary/aromatic N) is 2. The van der Waals surface area contributed by atoms with Gasteiger partial charge in [-0.05, 0) is 45.0 Å². The maximum Gasteiger partial charge on any atom is 0.133 e. The number of thiocarbonyl (C=S) groups is 1. The summed E-state index contributed by atoms with van der Waals surface area (Å²) in [5.41, 5.74) is 9.86. The first kappa shape index (κ1) is 14.5. The molecule has 2 N–H and O–H groups in total. The predicted octanol–water partition coefficient (Wildman–Crippen LogP) is 3.49. The molecule has 0 fully saturated rings. The molecule has 0 saturated heterocycles. The number of pyridine rings is 1. The number of benzene rings is 1. The molecule has 20 heavy (non-hydrogen) atoms. The molecule has 0 atom stereocenters. The molecule has 0 saturated carbocycles. The molecule has 2 rings (SSSR count). The zero-order chi connectivity index (χ0) is 14.7. The molecule has 1 heterocycles. The molecule has 104 valence electrons. The molecule has 0 radical (unpaired) electrons. The van der Waals surface area contributed by atoms with Gasteiger partial charge in [0.2, 0.25) is 0 Å². The highest BCUT2D eigenvalue weighted by Crippen LogP contribution is 2.25. The molecular formula is C16H19N3S. The maximum absolute atomic E-state index is 5.74. The van der Waals surface area contributed by atoms with E-state index in [1.807, 2.05) is 19.1 Å². The van der Waals surface area contributed by atoms with E-state index in [2.05, 4.69) is 48.0 Å². The molecule has 4 heteroatoms. The van der Waals surface area contributed by atoms with Crippen molar-refractivity contribution in [1.82, 2.24) is 4.98 Å². The Balaban J connectivity index is 2.46. The van der Waals surface area contributed by atoms with Crippen LogP contribution < -0.4 is 10.6 Å². The van der Waals surface area contributed by atoms with Gasteiger partial charge in [0.25, 0.3) is 0 Å². The average molecular weight is 285 g/mol.